The lowest BCUT2D eigenvalue weighted by Gasteiger charge is -2.07. The molecule has 0 amide bonds. The molecule has 1 aliphatic heterocycles. The first-order valence-corrected chi connectivity index (χ1v) is 7.16. The van der Waals surface area contributed by atoms with E-state index in [0.29, 0.717) is 10.6 Å². The van der Waals surface area contributed by atoms with Crippen LogP contribution in [-0.2, 0) is 14.6 Å². The van der Waals surface area contributed by atoms with Gasteiger partial charge in [-0.3, -0.25) is 4.79 Å². The maximum atomic E-state index is 12.1. The molecule has 0 saturated carbocycles. The molecule has 0 bridgehead atoms. The molecule has 0 aliphatic carbocycles. The number of fused-ring (bicyclic) bond motifs is 1. The van der Waals surface area contributed by atoms with E-state index >= 15 is 0 Å². The number of allylic oxidation sites excluding steroid dienone is 1. The highest BCUT2D eigenvalue weighted by atomic mass is 35.5. The molecule has 96 valence electrons. The average Bonchev–Trinajstić information content (AvgIpc) is 2.50. The number of carboxylic acids is 1. The summed E-state index contributed by atoms with van der Waals surface area (Å²) in [6.45, 7) is 1.48. The zero-order valence-electron chi connectivity index (χ0n) is 9.55. The number of carboxylic acid groups (broad SMARTS) is 1. The molecule has 0 aromatic heterocycles. The molecule has 1 N–H and O–H groups in total. The van der Waals surface area contributed by atoms with Gasteiger partial charge in [-0.2, -0.15) is 0 Å². The van der Waals surface area contributed by atoms with Gasteiger partial charge in [-0.1, -0.05) is 18.5 Å². The first-order chi connectivity index (χ1) is 8.32. The van der Waals surface area contributed by atoms with Crippen molar-refractivity contribution < 1.29 is 18.3 Å². The molecule has 1 aromatic rings. The number of halogens is 1. The smallest absolute Gasteiger partial charge is 0.306 e. The monoisotopic (exact) mass is 286 g/mol. The summed E-state index contributed by atoms with van der Waals surface area (Å²) in [6.07, 6.45) is 1.49. The number of rotatable bonds is 3. The van der Waals surface area contributed by atoms with Crippen LogP contribution in [0, 0.1) is 5.92 Å². The van der Waals surface area contributed by atoms with E-state index in [1.807, 2.05) is 0 Å². The summed E-state index contributed by atoms with van der Waals surface area (Å²) in [4.78, 5) is 11.1. The van der Waals surface area contributed by atoms with Crippen LogP contribution in [0.15, 0.2) is 28.0 Å². The van der Waals surface area contributed by atoms with Gasteiger partial charge in [0.15, 0.2) is 0 Å². The van der Waals surface area contributed by atoms with Crippen LogP contribution in [0.2, 0.25) is 5.02 Å². The molecule has 6 heteroatoms. The minimum absolute atomic E-state index is 0.00995. The van der Waals surface area contributed by atoms with Crippen molar-refractivity contribution >= 4 is 33.5 Å². The molecule has 0 spiro atoms. The summed E-state index contributed by atoms with van der Waals surface area (Å²) in [5.74, 6) is -1.75. The first kappa shape index (κ1) is 13.1. The minimum Gasteiger partial charge on any atom is -0.481 e. The maximum Gasteiger partial charge on any atom is 0.306 e. The summed E-state index contributed by atoms with van der Waals surface area (Å²) >= 11 is 5.80. The van der Waals surface area contributed by atoms with E-state index in [4.69, 9.17) is 16.7 Å². The Balaban J connectivity index is 2.42. The standard InChI is InChI=1S/C12H11ClO4S/c1-7(12(14)15)4-10-6-8-5-9(13)2-3-11(8)18(10,16)17/h2-3,5-7H,4H2,1H3,(H,14,15). The Morgan fingerprint density at radius 2 is 2.11 bits per heavy atom. The fourth-order valence-electron chi connectivity index (χ4n) is 1.83. The molecular formula is C12H11ClO4S. The Morgan fingerprint density at radius 3 is 2.72 bits per heavy atom. The first-order valence-electron chi connectivity index (χ1n) is 5.30. The molecule has 2 rings (SSSR count). The van der Waals surface area contributed by atoms with Crippen LogP contribution in [0.25, 0.3) is 6.08 Å². The van der Waals surface area contributed by atoms with E-state index in [0.717, 1.165) is 0 Å². The van der Waals surface area contributed by atoms with Crippen molar-refractivity contribution in [3.05, 3.63) is 33.7 Å². The van der Waals surface area contributed by atoms with Gasteiger partial charge < -0.3 is 5.11 Å². The predicted molar refractivity (Wildman–Crippen MR) is 68.0 cm³/mol. The zero-order valence-corrected chi connectivity index (χ0v) is 11.1. The maximum absolute atomic E-state index is 12.1. The SMILES string of the molecule is CC(CC1=Cc2cc(Cl)ccc2S1(=O)=O)C(=O)O. The average molecular weight is 287 g/mol. The number of carbonyl (C=O) groups is 1. The lowest BCUT2D eigenvalue weighted by molar-refractivity contribution is -0.141. The summed E-state index contributed by atoms with van der Waals surface area (Å²) < 4.78 is 24.3. The normalized spacial score (nSPS) is 18.0. The van der Waals surface area contributed by atoms with E-state index in [1.165, 1.54) is 25.1 Å². The lowest BCUT2D eigenvalue weighted by Crippen LogP contribution is -2.12. The van der Waals surface area contributed by atoms with E-state index in [2.05, 4.69) is 0 Å². The fraction of sp³-hybridized carbons (Fsp3) is 0.250. The van der Waals surface area contributed by atoms with Crippen LogP contribution in [0.4, 0.5) is 0 Å². The molecule has 0 radical (unpaired) electrons. The van der Waals surface area contributed by atoms with Crippen molar-refractivity contribution in [1.29, 1.82) is 0 Å². The van der Waals surface area contributed by atoms with Gasteiger partial charge in [0, 0.05) is 5.02 Å². The van der Waals surface area contributed by atoms with Crippen LogP contribution in [0.1, 0.15) is 18.9 Å². The summed E-state index contributed by atoms with van der Waals surface area (Å²) in [5, 5.41) is 9.28. The number of hydrogen-bond donors (Lipinski definition) is 1. The molecule has 4 nitrogen and oxygen atoms in total. The highest BCUT2D eigenvalue weighted by Gasteiger charge is 2.31. The molecular weight excluding hydrogens is 276 g/mol. The Bertz CT molecular complexity index is 646. The van der Waals surface area contributed by atoms with Crippen LogP contribution < -0.4 is 0 Å². The molecule has 1 aromatic carbocycles. The van der Waals surface area contributed by atoms with E-state index in [9.17, 15) is 13.2 Å². The topological polar surface area (TPSA) is 71.4 Å². The summed E-state index contributed by atoms with van der Waals surface area (Å²) in [6, 6.07) is 4.52. The summed E-state index contributed by atoms with van der Waals surface area (Å²) in [5.41, 5.74) is 0.523. The highest BCUT2D eigenvalue weighted by Crippen LogP contribution is 2.37. The van der Waals surface area contributed by atoms with Gasteiger partial charge in [0.2, 0.25) is 9.84 Å². The van der Waals surface area contributed by atoms with Gasteiger partial charge >= 0.3 is 5.97 Å². The van der Waals surface area contributed by atoms with Crippen LogP contribution in [0.5, 0.6) is 0 Å². The fourth-order valence-corrected chi connectivity index (χ4v) is 3.72. The van der Waals surface area contributed by atoms with Gasteiger partial charge in [-0.15, -0.1) is 0 Å². The quantitative estimate of drug-likeness (QED) is 0.927. The van der Waals surface area contributed by atoms with E-state index in [-0.39, 0.29) is 16.2 Å². The predicted octanol–water partition coefficient (Wildman–Crippen LogP) is 2.58. The van der Waals surface area contributed by atoms with E-state index < -0.39 is 21.7 Å². The largest absolute Gasteiger partial charge is 0.481 e. The Hall–Kier alpha value is -1.33. The van der Waals surface area contributed by atoms with Gasteiger partial charge in [-0.25, -0.2) is 8.42 Å². The Labute approximate surface area is 110 Å². The van der Waals surface area contributed by atoms with Crippen molar-refractivity contribution in [2.45, 2.75) is 18.2 Å². The highest BCUT2D eigenvalue weighted by molar-refractivity contribution is 7.95. The molecule has 1 heterocycles. The van der Waals surface area contributed by atoms with Gasteiger partial charge in [0.1, 0.15) is 0 Å². The van der Waals surface area contributed by atoms with Crippen LogP contribution in [0.3, 0.4) is 0 Å². The second-order valence-corrected chi connectivity index (χ2v) is 6.65. The van der Waals surface area contributed by atoms with E-state index in [1.54, 1.807) is 6.07 Å². The third-order valence-electron chi connectivity index (χ3n) is 2.85. The molecule has 1 aliphatic rings. The Kier molecular flexibility index (Phi) is 3.21. The van der Waals surface area contributed by atoms with Crippen LogP contribution >= 0.6 is 11.6 Å². The number of hydrogen-bond acceptors (Lipinski definition) is 3. The second-order valence-electron chi connectivity index (χ2n) is 4.24. The van der Waals surface area contributed by atoms with Gasteiger partial charge in [0.25, 0.3) is 0 Å². The lowest BCUT2D eigenvalue weighted by atomic mass is 10.1. The van der Waals surface area contributed by atoms with Crippen molar-refractivity contribution in [3.8, 4) is 0 Å². The molecule has 18 heavy (non-hydrogen) atoms. The molecule has 0 saturated heterocycles. The molecule has 1 unspecified atom stereocenters. The molecule has 0 fully saturated rings. The summed E-state index contributed by atoms with van der Waals surface area (Å²) in [7, 11) is -3.55. The van der Waals surface area contributed by atoms with Crippen molar-refractivity contribution in [1.82, 2.24) is 0 Å². The number of sulfone groups is 1. The number of benzene rings is 1. The van der Waals surface area contributed by atoms with Gasteiger partial charge in [-0.05, 0) is 36.3 Å². The number of aliphatic carboxylic acids is 1. The van der Waals surface area contributed by atoms with Crippen molar-refractivity contribution in [2.24, 2.45) is 5.92 Å². The zero-order chi connectivity index (χ0) is 13.5. The second kappa shape index (κ2) is 4.40. The van der Waals surface area contributed by atoms with Crippen molar-refractivity contribution in [3.63, 3.8) is 0 Å². The third-order valence-corrected chi connectivity index (χ3v) is 5.01. The minimum atomic E-state index is -3.55. The van der Waals surface area contributed by atoms with Gasteiger partial charge in [0.05, 0.1) is 15.7 Å². The van der Waals surface area contributed by atoms with Crippen LogP contribution in [-0.4, -0.2) is 19.5 Å². The Morgan fingerprint density at radius 1 is 1.44 bits per heavy atom. The molecule has 1 atom stereocenters. The van der Waals surface area contributed by atoms with Crippen molar-refractivity contribution in [2.75, 3.05) is 0 Å². The third kappa shape index (κ3) is 2.15.